The molecule has 0 saturated heterocycles. The zero-order chi connectivity index (χ0) is 32.8. The maximum absolute atomic E-state index is 13.5. The highest BCUT2D eigenvalue weighted by Gasteiger charge is 2.23. The lowest BCUT2D eigenvalue weighted by atomic mass is 9.94. The lowest BCUT2D eigenvalue weighted by molar-refractivity contribution is -0.364. The van der Waals surface area contributed by atoms with Crippen molar-refractivity contribution in [1.29, 1.82) is 0 Å². The van der Waals surface area contributed by atoms with Gasteiger partial charge in [0.2, 0.25) is 0 Å². The molecule has 0 bridgehead atoms. The third-order valence-corrected chi connectivity index (χ3v) is 8.83. The van der Waals surface area contributed by atoms with Crippen LogP contribution in [0.15, 0.2) is 66.9 Å². The minimum absolute atomic E-state index is 0.0416. The summed E-state index contributed by atoms with van der Waals surface area (Å²) in [4.78, 5) is 33.9. The molecule has 3 aromatic carbocycles. The van der Waals surface area contributed by atoms with Gasteiger partial charge in [-0.1, -0.05) is 19.3 Å². The summed E-state index contributed by atoms with van der Waals surface area (Å²) in [7, 11) is 0. The second-order valence-corrected chi connectivity index (χ2v) is 12.4. The number of hydrogen-bond acceptors (Lipinski definition) is 5. The van der Waals surface area contributed by atoms with Gasteiger partial charge in [0.1, 0.15) is 17.3 Å². The van der Waals surface area contributed by atoms with Gasteiger partial charge in [0, 0.05) is 40.3 Å². The monoisotopic (exact) mass is 637 g/mol. The SMILES string of the molecule is CCOc1ccc2[nH]cc(C[C@@H](C)NC(=O)c3ccc4c(c3)nc(-c3ccc(OCC(=O)NCC[NH3+])cc3)n4C3CCCCC3)c2c1. The second kappa shape index (κ2) is 14.7. The summed E-state index contributed by atoms with van der Waals surface area (Å²) in [6, 6.07) is 19.9. The first kappa shape index (κ1) is 32.1. The number of amides is 2. The summed E-state index contributed by atoms with van der Waals surface area (Å²) >= 11 is 0. The number of imidazole rings is 1. The summed E-state index contributed by atoms with van der Waals surface area (Å²) in [5.74, 6) is 2.05. The summed E-state index contributed by atoms with van der Waals surface area (Å²) in [6.07, 6.45) is 8.52. The van der Waals surface area contributed by atoms with E-state index in [0.29, 0.717) is 43.5 Å². The minimum atomic E-state index is -0.167. The number of fused-ring (bicyclic) bond motifs is 2. The molecule has 1 saturated carbocycles. The Morgan fingerprint density at radius 1 is 1.02 bits per heavy atom. The van der Waals surface area contributed by atoms with Crippen LogP contribution in [0.1, 0.15) is 67.9 Å². The minimum Gasteiger partial charge on any atom is -0.494 e. The fourth-order valence-corrected chi connectivity index (χ4v) is 6.55. The van der Waals surface area contributed by atoms with Crippen molar-refractivity contribution in [2.45, 2.75) is 64.5 Å². The maximum atomic E-state index is 13.5. The standard InChI is InChI=1S/C37H44N6O4/c1-3-46-30-14-15-32-31(21-30)27(22-40-32)19-24(2)41-37(45)26-11-16-34-33(20-26)42-36(43(34)28-7-5-4-6-8-28)25-9-12-29(13-10-25)47-23-35(44)39-18-17-38/h9-16,20-22,24,28,40H,3-8,17-19,23,38H2,1-2H3,(H,39,44)(H,41,45)/p+1/t24-/m1/s1. The van der Waals surface area contributed by atoms with E-state index in [4.69, 9.17) is 14.5 Å². The van der Waals surface area contributed by atoms with Crippen LogP contribution in [0.2, 0.25) is 0 Å². The van der Waals surface area contributed by atoms with Gasteiger partial charge >= 0.3 is 0 Å². The zero-order valence-corrected chi connectivity index (χ0v) is 27.3. The molecule has 1 aliphatic rings. The molecule has 6 N–H and O–H groups in total. The highest BCUT2D eigenvalue weighted by Crippen LogP contribution is 2.36. The number of quaternary nitrogens is 1. The first-order valence-corrected chi connectivity index (χ1v) is 16.8. The number of carbonyl (C=O) groups is 2. The molecule has 2 aromatic heterocycles. The first-order chi connectivity index (χ1) is 22.9. The van der Waals surface area contributed by atoms with E-state index in [1.54, 1.807) is 0 Å². The van der Waals surface area contributed by atoms with Gasteiger partial charge < -0.3 is 35.4 Å². The van der Waals surface area contributed by atoms with Crippen LogP contribution in [-0.2, 0) is 11.2 Å². The Morgan fingerprint density at radius 2 is 1.81 bits per heavy atom. The van der Waals surface area contributed by atoms with E-state index in [1.165, 1.54) is 19.3 Å². The van der Waals surface area contributed by atoms with Crippen molar-refractivity contribution >= 4 is 33.8 Å². The largest absolute Gasteiger partial charge is 0.494 e. The second-order valence-electron chi connectivity index (χ2n) is 12.4. The number of carbonyl (C=O) groups excluding carboxylic acids is 2. The molecule has 47 heavy (non-hydrogen) atoms. The molecule has 1 atom stereocenters. The van der Waals surface area contributed by atoms with Crippen LogP contribution < -0.4 is 25.8 Å². The number of nitrogens with zero attached hydrogens (tertiary/aromatic N) is 2. The molecular formula is C37H45N6O4+. The van der Waals surface area contributed by atoms with Crippen molar-refractivity contribution in [2.24, 2.45) is 0 Å². The van der Waals surface area contributed by atoms with Gasteiger partial charge in [0.15, 0.2) is 6.61 Å². The van der Waals surface area contributed by atoms with E-state index in [1.807, 2.05) is 74.6 Å². The smallest absolute Gasteiger partial charge is 0.258 e. The van der Waals surface area contributed by atoms with Crippen LogP contribution in [0.4, 0.5) is 0 Å². The number of aromatic nitrogens is 3. The fraction of sp³-hybridized carbons (Fsp3) is 0.378. The van der Waals surface area contributed by atoms with Crippen molar-refractivity contribution in [3.8, 4) is 22.9 Å². The third-order valence-electron chi connectivity index (χ3n) is 8.83. The van der Waals surface area contributed by atoms with Crippen molar-refractivity contribution in [2.75, 3.05) is 26.3 Å². The first-order valence-electron chi connectivity index (χ1n) is 16.8. The molecule has 0 aliphatic heterocycles. The van der Waals surface area contributed by atoms with Gasteiger partial charge in [-0.25, -0.2) is 4.98 Å². The normalized spacial score (nSPS) is 14.3. The highest BCUT2D eigenvalue weighted by atomic mass is 16.5. The Morgan fingerprint density at radius 3 is 2.57 bits per heavy atom. The van der Waals surface area contributed by atoms with Crippen LogP contribution in [0.5, 0.6) is 11.5 Å². The van der Waals surface area contributed by atoms with Gasteiger partial charge in [0.05, 0.1) is 30.7 Å². The lowest BCUT2D eigenvalue weighted by Crippen LogP contribution is -2.55. The van der Waals surface area contributed by atoms with E-state index in [9.17, 15) is 9.59 Å². The molecule has 0 unspecified atom stereocenters. The summed E-state index contributed by atoms with van der Waals surface area (Å²) in [6.45, 7) is 5.74. The number of H-pyrrole nitrogens is 1. The number of rotatable bonds is 13. The molecule has 2 heterocycles. The van der Waals surface area contributed by atoms with Crippen molar-refractivity contribution in [3.63, 3.8) is 0 Å². The molecule has 2 amide bonds. The van der Waals surface area contributed by atoms with Gasteiger partial charge in [0.25, 0.3) is 11.8 Å². The molecule has 246 valence electrons. The number of hydrogen-bond donors (Lipinski definition) is 4. The van der Waals surface area contributed by atoms with E-state index in [0.717, 1.165) is 57.5 Å². The third kappa shape index (κ3) is 7.44. The molecule has 1 fully saturated rings. The zero-order valence-electron chi connectivity index (χ0n) is 27.3. The molecule has 0 spiro atoms. The van der Waals surface area contributed by atoms with Gasteiger partial charge in [-0.15, -0.1) is 0 Å². The van der Waals surface area contributed by atoms with Gasteiger partial charge in [-0.3, -0.25) is 9.59 Å². The summed E-state index contributed by atoms with van der Waals surface area (Å²) in [5.41, 5.74) is 9.30. The predicted molar refractivity (Wildman–Crippen MR) is 184 cm³/mol. The van der Waals surface area contributed by atoms with Crippen LogP contribution >= 0.6 is 0 Å². The van der Waals surface area contributed by atoms with E-state index in [-0.39, 0.29) is 24.5 Å². The van der Waals surface area contributed by atoms with Crippen LogP contribution in [0, 0.1) is 0 Å². The number of nitrogens with one attached hydrogen (secondary N) is 3. The number of benzene rings is 3. The average molecular weight is 638 g/mol. The predicted octanol–water partition coefficient (Wildman–Crippen LogP) is 5.19. The summed E-state index contributed by atoms with van der Waals surface area (Å²) < 4.78 is 13.7. The molecule has 10 nitrogen and oxygen atoms in total. The summed E-state index contributed by atoms with van der Waals surface area (Å²) in [5, 5.41) is 7.07. The Hall–Kier alpha value is -4.83. The van der Waals surface area contributed by atoms with Crippen LogP contribution in [-0.4, -0.2) is 58.7 Å². The van der Waals surface area contributed by atoms with E-state index >= 15 is 0 Å². The Bertz CT molecular complexity index is 1840. The van der Waals surface area contributed by atoms with Crippen LogP contribution in [0.3, 0.4) is 0 Å². The van der Waals surface area contributed by atoms with Gasteiger partial charge in [-0.2, -0.15) is 0 Å². The molecular weight excluding hydrogens is 592 g/mol. The quantitative estimate of drug-likeness (QED) is 0.141. The fourth-order valence-electron chi connectivity index (χ4n) is 6.55. The molecule has 10 heteroatoms. The Kier molecular flexibility index (Phi) is 10.1. The van der Waals surface area contributed by atoms with Crippen molar-refractivity contribution < 1.29 is 24.8 Å². The maximum Gasteiger partial charge on any atom is 0.258 e. The molecule has 1 aliphatic carbocycles. The topological polar surface area (TPSA) is 138 Å². The Labute approximate surface area is 275 Å². The van der Waals surface area contributed by atoms with Crippen molar-refractivity contribution in [1.82, 2.24) is 25.2 Å². The van der Waals surface area contributed by atoms with E-state index < -0.39 is 0 Å². The Balaban J connectivity index is 1.20. The van der Waals surface area contributed by atoms with Crippen LogP contribution in [0.25, 0.3) is 33.3 Å². The molecule has 0 radical (unpaired) electrons. The molecule has 5 aromatic rings. The number of aromatic amines is 1. The lowest BCUT2D eigenvalue weighted by Gasteiger charge is -2.25. The highest BCUT2D eigenvalue weighted by molar-refractivity contribution is 5.98. The van der Waals surface area contributed by atoms with Crippen molar-refractivity contribution in [3.05, 3.63) is 78.0 Å². The average Bonchev–Trinajstić information content (AvgIpc) is 3.67. The van der Waals surface area contributed by atoms with Gasteiger partial charge in [-0.05, 0) is 99.3 Å². The van der Waals surface area contributed by atoms with E-state index in [2.05, 4.69) is 32.0 Å². The molecule has 6 rings (SSSR count). The number of ether oxygens (including phenoxy) is 2.